The maximum Gasteiger partial charge on any atom is 0.387 e. The van der Waals surface area contributed by atoms with Crippen LogP contribution in [0.2, 0.25) is 0 Å². The largest absolute Gasteiger partial charge is 0.435 e. The van der Waals surface area contributed by atoms with E-state index in [0.29, 0.717) is 16.5 Å². The summed E-state index contributed by atoms with van der Waals surface area (Å²) < 4.78 is 30.2. The van der Waals surface area contributed by atoms with Crippen molar-refractivity contribution in [2.75, 3.05) is 5.32 Å². The van der Waals surface area contributed by atoms with Gasteiger partial charge in [-0.25, -0.2) is 4.98 Å². The third kappa shape index (κ3) is 3.82. The van der Waals surface area contributed by atoms with E-state index >= 15 is 0 Å². The van der Waals surface area contributed by atoms with Gasteiger partial charge in [-0.15, -0.1) is 11.3 Å². The van der Waals surface area contributed by atoms with Crippen LogP contribution in [0.1, 0.15) is 15.4 Å². The Morgan fingerprint density at radius 2 is 2.00 bits per heavy atom. The molecule has 0 aliphatic heterocycles. The zero-order chi connectivity index (χ0) is 18.0. The highest BCUT2D eigenvalue weighted by Crippen LogP contribution is 2.31. The van der Waals surface area contributed by atoms with E-state index in [1.54, 1.807) is 25.2 Å². The molecule has 0 fully saturated rings. The fourth-order valence-corrected chi connectivity index (χ4v) is 3.10. The van der Waals surface area contributed by atoms with Gasteiger partial charge in [0.05, 0.1) is 5.69 Å². The fourth-order valence-electron chi connectivity index (χ4n) is 2.27. The highest BCUT2D eigenvalue weighted by Gasteiger charge is 2.15. The van der Waals surface area contributed by atoms with Gasteiger partial charge in [0.1, 0.15) is 11.4 Å². The normalized spacial score (nSPS) is 10.9. The summed E-state index contributed by atoms with van der Waals surface area (Å²) in [5, 5.41) is 7.14. The van der Waals surface area contributed by atoms with Crippen molar-refractivity contribution in [1.82, 2.24) is 14.8 Å². The molecule has 6 nitrogen and oxygen atoms in total. The van der Waals surface area contributed by atoms with E-state index in [2.05, 4.69) is 20.1 Å². The molecule has 3 rings (SSSR count). The Morgan fingerprint density at radius 3 is 2.60 bits per heavy atom. The molecule has 0 saturated heterocycles. The van der Waals surface area contributed by atoms with E-state index in [0.717, 1.165) is 10.4 Å². The van der Waals surface area contributed by atoms with Crippen LogP contribution in [0.25, 0.3) is 11.3 Å². The van der Waals surface area contributed by atoms with Crippen molar-refractivity contribution in [2.24, 2.45) is 7.05 Å². The van der Waals surface area contributed by atoms with Crippen LogP contribution < -0.4 is 10.1 Å². The second-order valence-electron chi connectivity index (χ2n) is 5.12. The number of halogens is 2. The van der Waals surface area contributed by atoms with E-state index in [-0.39, 0.29) is 11.7 Å². The molecule has 2 heterocycles. The van der Waals surface area contributed by atoms with E-state index in [9.17, 15) is 13.6 Å². The van der Waals surface area contributed by atoms with Gasteiger partial charge in [0.2, 0.25) is 0 Å². The molecule has 0 atom stereocenters. The van der Waals surface area contributed by atoms with Crippen LogP contribution in [0.4, 0.5) is 13.9 Å². The first kappa shape index (κ1) is 17.0. The molecule has 25 heavy (non-hydrogen) atoms. The van der Waals surface area contributed by atoms with Crippen molar-refractivity contribution < 1.29 is 18.3 Å². The van der Waals surface area contributed by atoms with E-state index in [1.807, 2.05) is 6.92 Å². The van der Waals surface area contributed by atoms with Crippen molar-refractivity contribution >= 4 is 22.4 Å². The minimum atomic E-state index is -2.86. The van der Waals surface area contributed by atoms with Gasteiger partial charge < -0.3 is 4.74 Å². The maximum absolute atomic E-state index is 12.2. The van der Waals surface area contributed by atoms with Crippen LogP contribution in [0, 0.1) is 6.92 Å². The predicted octanol–water partition coefficient (Wildman–Crippen LogP) is 3.71. The second-order valence-corrected chi connectivity index (χ2v) is 6.32. The standard InChI is InChI=1S/C16H14F2N4O2S/c1-9-13(10-3-5-11(6-4-10)24-15(17)18)20-16(25-9)21-14(23)12-7-8-19-22(12)2/h3-8,15H,1-2H3,(H,20,21,23). The zero-order valence-corrected chi connectivity index (χ0v) is 14.2. The summed E-state index contributed by atoms with van der Waals surface area (Å²) >= 11 is 1.33. The first-order valence-corrected chi connectivity index (χ1v) is 8.07. The average molecular weight is 364 g/mol. The summed E-state index contributed by atoms with van der Waals surface area (Å²) in [7, 11) is 1.68. The Morgan fingerprint density at radius 1 is 1.28 bits per heavy atom. The summed E-state index contributed by atoms with van der Waals surface area (Å²) in [5.41, 5.74) is 1.84. The molecule has 0 radical (unpaired) electrons. The lowest BCUT2D eigenvalue weighted by Gasteiger charge is -2.05. The van der Waals surface area contributed by atoms with Crippen molar-refractivity contribution in [1.29, 1.82) is 0 Å². The van der Waals surface area contributed by atoms with Crippen molar-refractivity contribution in [3.05, 3.63) is 47.1 Å². The second kappa shape index (κ2) is 6.98. The number of rotatable bonds is 5. The number of aryl methyl sites for hydroxylation is 2. The lowest BCUT2D eigenvalue weighted by molar-refractivity contribution is -0.0498. The highest BCUT2D eigenvalue weighted by atomic mass is 32.1. The number of nitrogens with zero attached hydrogens (tertiary/aromatic N) is 3. The van der Waals surface area contributed by atoms with Gasteiger partial charge >= 0.3 is 6.61 Å². The van der Waals surface area contributed by atoms with Crippen molar-refractivity contribution in [3.8, 4) is 17.0 Å². The minimum absolute atomic E-state index is 0.0800. The van der Waals surface area contributed by atoms with E-state index < -0.39 is 6.61 Å². The molecule has 0 saturated carbocycles. The van der Waals surface area contributed by atoms with Crippen molar-refractivity contribution in [3.63, 3.8) is 0 Å². The maximum atomic E-state index is 12.2. The van der Waals surface area contributed by atoms with E-state index in [1.165, 1.54) is 34.3 Å². The van der Waals surface area contributed by atoms with Gasteiger partial charge in [0.15, 0.2) is 5.13 Å². The Labute approximate surface area is 146 Å². The van der Waals surface area contributed by atoms with Gasteiger partial charge in [-0.05, 0) is 37.3 Å². The molecule has 0 bridgehead atoms. The number of thiazole rings is 1. The Hall–Kier alpha value is -2.81. The SMILES string of the molecule is Cc1sc(NC(=O)c2ccnn2C)nc1-c1ccc(OC(F)F)cc1. The number of hydrogen-bond donors (Lipinski definition) is 1. The van der Waals surface area contributed by atoms with Crippen LogP contribution in [0.15, 0.2) is 36.5 Å². The molecular weight excluding hydrogens is 350 g/mol. The topological polar surface area (TPSA) is 69.0 Å². The van der Waals surface area contributed by atoms with Crippen LogP contribution >= 0.6 is 11.3 Å². The molecule has 0 aliphatic carbocycles. The summed E-state index contributed by atoms with van der Waals surface area (Å²) in [4.78, 5) is 17.5. The van der Waals surface area contributed by atoms with Gasteiger partial charge in [-0.2, -0.15) is 13.9 Å². The molecule has 0 aliphatic rings. The number of benzene rings is 1. The monoisotopic (exact) mass is 364 g/mol. The van der Waals surface area contributed by atoms with Gasteiger partial charge in [0, 0.05) is 23.7 Å². The molecule has 1 amide bonds. The zero-order valence-electron chi connectivity index (χ0n) is 13.4. The number of carbonyl (C=O) groups excluding carboxylic acids is 1. The molecule has 1 N–H and O–H groups in total. The van der Waals surface area contributed by atoms with Crippen molar-refractivity contribution in [2.45, 2.75) is 13.5 Å². The Kier molecular flexibility index (Phi) is 4.75. The number of nitrogens with one attached hydrogen (secondary N) is 1. The number of aromatic nitrogens is 3. The number of anilines is 1. The molecular formula is C16H14F2N4O2S. The minimum Gasteiger partial charge on any atom is -0.435 e. The fraction of sp³-hybridized carbons (Fsp3) is 0.188. The third-order valence-electron chi connectivity index (χ3n) is 3.42. The molecule has 130 valence electrons. The average Bonchev–Trinajstić information content (AvgIpc) is 3.13. The first-order valence-electron chi connectivity index (χ1n) is 7.26. The van der Waals surface area contributed by atoms with Crippen LogP contribution in [-0.2, 0) is 7.05 Å². The molecule has 0 unspecified atom stereocenters. The smallest absolute Gasteiger partial charge is 0.387 e. The first-order chi connectivity index (χ1) is 11.9. The van der Waals surface area contributed by atoms with Crippen LogP contribution in [0.5, 0.6) is 5.75 Å². The summed E-state index contributed by atoms with van der Waals surface area (Å²) in [5.74, 6) is -0.225. The summed E-state index contributed by atoms with van der Waals surface area (Å²) in [6.45, 7) is -0.989. The number of ether oxygens (including phenoxy) is 1. The number of carbonyl (C=O) groups is 1. The predicted molar refractivity (Wildman–Crippen MR) is 90.1 cm³/mol. The number of alkyl halides is 2. The number of amides is 1. The van der Waals surface area contributed by atoms with Gasteiger partial charge in [-0.1, -0.05) is 0 Å². The van der Waals surface area contributed by atoms with Gasteiger partial charge in [-0.3, -0.25) is 14.8 Å². The molecule has 1 aromatic carbocycles. The summed E-state index contributed by atoms with van der Waals surface area (Å²) in [6.07, 6.45) is 1.54. The van der Waals surface area contributed by atoms with E-state index in [4.69, 9.17) is 0 Å². The highest BCUT2D eigenvalue weighted by molar-refractivity contribution is 7.16. The van der Waals surface area contributed by atoms with Crippen LogP contribution in [-0.4, -0.2) is 27.3 Å². The quantitative estimate of drug-likeness (QED) is 0.749. The lowest BCUT2D eigenvalue weighted by atomic mass is 10.1. The van der Waals surface area contributed by atoms with Crippen LogP contribution in [0.3, 0.4) is 0 Å². The molecule has 3 aromatic rings. The van der Waals surface area contributed by atoms with Gasteiger partial charge in [0.25, 0.3) is 5.91 Å². The molecule has 2 aromatic heterocycles. The number of hydrogen-bond acceptors (Lipinski definition) is 5. The summed E-state index contributed by atoms with van der Waals surface area (Å²) in [6, 6.07) is 7.81. The molecule has 9 heteroatoms. The lowest BCUT2D eigenvalue weighted by Crippen LogP contribution is -2.15. The molecule has 0 spiro atoms. The Balaban J connectivity index is 1.78. The third-order valence-corrected chi connectivity index (χ3v) is 4.31. The Bertz CT molecular complexity index is 890.